The molecule has 4 aromatic rings. The number of carboxylic acids is 6. The first-order chi connectivity index (χ1) is 24.0. The van der Waals surface area contributed by atoms with Crippen molar-refractivity contribution in [3.05, 3.63) is 140 Å². The highest BCUT2D eigenvalue weighted by atomic mass is 16.6. The second kappa shape index (κ2) is 14.1. The van der Waals surface area contributed by atoms with Crippen molar-refractivity contribution in [2.75, 3.05) is 0 Å². The van der Waals surface area contributed by atoms with E-state index in [9.17, 15) is 78.6 Å². The van der Waals surface area contributed by atoms with Crippen LogP contribution in [0.25, 0.3) is 0 Å². The van der Waals surface area contributed by atoms with Crippen LogP contribution in [0.5, 0.6) is 0 Å². The van der Waals surface area contributed by atoms with Crippen LogP contribution in [-0.2, 0) is 4.74 Å². The van der Waals surface area contributed by atoms with Crippen LogP contribution in [0, 0.1) is 0 Å². The van der Waals surface area contributed by atoms with Crippen LogP contribution in [-0.4, -0.2) is 90.0 Å². The molecule has 0 bridgehead atoms. The molecule has 0 aliphatic rings. The largest absolute Gasteiger partial charge is 0.478 e. The zero-order chi connectivity index (χ0) is 37.9. The summed E-state index contributed by atoms with van der Waals surface area (Å²) in [5.74, 6) is -16.6. The Hall–Kier alpha value is -7.82. The molecule has 0 saturated heterocycles. The molecule has 0 radical (unpaired) electrons. The number of aromatic carboxylic acids is 6. The van der Waals surface area contributed by atoms with Gasteiger partial charge in [-0.2, -0.15) is 0 Å². The van der Waals surface area contributed by atoms with E-state index in [0.29, 0.717) is 12.1 Å². The Morgan fingerprint density at radius 3 is 0.941 bits per heavy atom. The normalized spacial score (nSPS) is 10.4. The number of hydrogen-bond donors (Lipinski definition) is 6. The fraction of sp³-hybridized carbons (Fsp3) is 0. The van der Waals surface area contributed by atoms with E-state index in [1.54, 1.807) is 0 Å². The van der Waals surface area contributed by atoms with E-state index in [-0.39, 0.29) is 0 Å². The summed E-state index contributed by atoms with van der Waals surface area (Å²) in [5.41, 5.74) is -9.65. The second-order valence-electron chi connectivity index (χ2n) is 10.1. The van der Waals surface area contributed by atoms with Crippen LogP contribution in [0.4, 0.5) is 0 Å². The Labute approximate surface area is 282 Å². The standard InChI is InChI=1S/C34H18O17/c35-25(13-7-9-15(27(37)38)21(11-13)31(45)46)17-3-1-5-19(29(41)42)23(17)33(49)51-34(50)24-18(4-2-6-20(24)30(43)44)26(36)14-8-10-16(28(39)40)22(12-14)32(47)48/h1-12H,(H,37,38)(H,39,40)(H,41,42)(H,43,44)(H,45,46)(H,47,48). The van der Waals surface area contributed by atoms with Crippen molar-refractivity contribution in [3.63, 3.8) is 0 Å². The van der Waals surface area contributed by atoms with Gasteiger partial charge in [0.05, 0.1) is 44.5 Å². The maximum atomic E-state index is 13.5. The van der Waals surface area contributed by atoms with Crippen molar-refractivity contribution in [1.82, 2.24) is 0 Å². The minimum Gasteiger partial charge on any atom is -0.478 e. The number of ether oxygens (including phenoxy) is 1. The Morgan fingerprint density at radius 2 is 0.647 bits per heavy atom. The first kappa shape index (κ1) is 36.0. The second-order valence-corrected chi connectivity index (χ2v) is 10.1. The molecule has 0 atom stereocenters. The van der Waals surface area contributed by atoms with Crippen LogP contribution >= 0.6 is 0 Å². The lowest BCUT2D eigenvalue weighted by Gasteiger charge is -2.14. The quantitative estimate of drug-likeness (QED) is 0.0702. The molecule has 256 valence electrons. The third kappa shape index (κ3) is 7.06. The lowest BCUT2D eigenvalue weighted by molar-refractivity contribution is 0.0382. The van der Waals surface area contributed by atoms with E-state index >= 15 is 0 Å². The molecule has 0 saturated carbocycles. The van der Waals surface area contributed by atoms with E-state index in [2.05, 4.69) is 0 Å². The number of hydrogen-bond acceptors (Lipinski definition) is 11. The van der Waals surface area contributed by atoms with E-state index in [0.717, 1.165) is 60.7 Å². The molecule has 0 amide bonds. The molecule has 17 nitrogen and oxygen atoms in total. The number of esters is 2. The fourth-order valence-corrected chi connectivity index (χ4v) is 4.87. The summed E-state index contributed by atoms with van der Waals surface area (Å²) in [5, 5.41) is 57.0. The highest BCUT2D eigenvalue weighted by molar-refractivity contribution is 6.22. The van der Waals surface area contributed by atoms with Gasteiger partial charge >= 0.3 is 47.8 Å². The SMILES string of the molecule is O=C(O)c1ccc(C(=O)c2cccc(C(=O)O)c2C(=O)OC(=O)c2c(C(=O)O)cccc2C(=O)c2ccc(C(=O)O)c(C(=O)O)c2)cc1C(=O)O. The van der Waals surface area contributed by atoms with Gasteiger partial charge in [-0.1, -0.05) is 36.4 Å². The van der Waals surface area contributed by atoms with Gasteiger partial charge in [0.2, 0.25) is 0 Å². The summed E-state index contributed by atoms with van der Waals surface area (Å²) in [4.78, 5) is 124. The minimum atomic E-state index is -1.85. The number of ketones is 2. The maximum Gasteiger partial charge on any atom is 0.347 e. The lowest BCUT2D eigenvalue weighted by Crippen LogP contribution is -2.23. The highest BCUT2D eigenvalue weighted by Gasteiger charge is 2.32. The van der Waals surface area contributed by atoms with Crippen molar-refractivity contribution >= 4 is 59.3 Å². The van der Waals surface area contributed by atoms with Crippen LogP contribution in [0.15, 0.2) is 72.8 Å². The monoisotopic (exact) mass is 698 g/mol. The lowest BCUT2D eigenvalue weighted by atomic mass is 9.92. The Balaban J connectivity index is 1.83. The molecular formula is C34H18O17. The van der Waals surface area contributed by atoms with Crippen LogP contribution < -0.4 is 0 Å². The van der Waals surface area contributed by atoms with Crippen LogP contribution in [0.2, 0.25) is 0 Å². The number of rotatable bonds is 12. The van der Waals surface area contributed by atoms with Crippen molar-refractivity contribution in [2.24, 2.45) is 0 Å². The predicted molar refractivity (Wildman–Crippen MR) is 164 cm³/mol. The molecule has 17 heteroatoms. The van der Waals surface area contributed by atoms with Gasteiger partial charge in [0.1, 0.15) is 0 Å². The first-order valence-electron chi connectivity index (χ1n) is 13.8. The Kier molecular flexibility index (Phi) is 9.97. The minimum absolute atomic E-state index is 0.529. The van der Waals surface area contributed by atoms with Gasteiger partial charge < -0.3 is 35.4 Å². The molecular weight excluding hydrogens is 680 g/mol. The molecule has 0 heterocycles. The highest BCUT2D eigenvalue weighted by Crippen LogP contribution is 2.26. The topological polar surface area (TPSA) is 301 Å². The summed E-state index contributed by atoms with van der Waals surface area (Å²) in [6.07, 6.45) is 0. The summed E-state index contributed by atoms with van der Waals surface area (Å²) >= 11 is 0. The molecule has 51 heavy (non-hydrogen) atoms. The van der Waals surface area contributed by atoms with E-state index in [1.807, 2.05) is 0 Å². The van der Waals surface area contributed by atoms with E-state index in [4.69, 9.17) is 4.74 Å². The third-order valence-electron chi connectivity index (χ3n) is 7.16. The molecule has 0 fully saturated rings. The van der Waals surface area contributed by atoms with Crippen molar-refractivity contribution in [1.29, 1.82) is 0 Å². The number of benzene rings is 4. The van der Waals surface area contributed by atoms with Crippen molar-refractivity contribution in [2.45, 2.75) is 0 Å². The van der Waals surface area contributed by atoms with Gasteiger partial charge in [-0.15, -0.1) is 0 Å². The van der Waals surface area contributed by atoms with Gasteiger partial charge in [0, 0.05) is 22.3 Å². The summed E-state index contributed by atoms with van der Waals surface area (Å²) in [7, 11) is 0. The van der Waals surface area contributed by atoms with Crippen molar-refractivity contribution in [3.8, 4) is 0 Å². The molecule has 4 rings (SSSR count). The van der Waals surface area contributed by atoms with Gasteiger partial charge in [0.15, 0.2) is 11.6 Å². The summed E-state index contributed by atoms with van der Waals surface area (Å²) < 4.78 is 4.83. The summed E-state index contributed by atoms with van der Waals surface area (Å²) in [6, 6.07) is 10.1. The van der Waals surface area contributed by atoms with E-state index in [1.165, 1.54) is 0 Å². The first-order valence-corrected chi connectivity index (χ1v) is 13.8. The van der Waals surface area contributed by atoms with Crippen LogP contribution in [0.1, 0.15) is 115 Å². The maximum absolute atomic E-state index is 13.5. The van der Waals surface area contributed by atoms with E-state index < -0.39 is 126 Å². The fourth-order valence-electron chi connectivity index (χ4n) is 4.87. The smallest absolute Gasteiger partial charge is 0.347 e. The molecule has 0 aromatic heterocycles. The Bertz CT molecular complexity index is 2120. The van der Waals surface area contributed by atoms with Gasteiger partial charge in [-0.3, -0.25) is 9.59 Å². The average molecular weight is 699 g/mol. The van der Waals surface area contributed by atoms with Crippen LogP contribution in [0.3, 0.4) is 0 Å². The van der Waals surface area contributed by atoms with Gasteiger partial charge in [-0.05, 0) is 36.4 Å². The molecule has 4 aromatic carbocycles. The number of carbonyl (C=O) groups excluding carboxylic acids is 4. The number of carboxylic acid groups (broad SMARTS) is 6. The zero-order valence-corrected chi connectivity index (χ0v) is 25.1. The van der Waals surface area contributed by atoms with Crippen molar-refractivity contribution < 1.29 is 83.3 Å². The summed E-state index contributed by atoms with van der Waals surface area (Å²) in [6.45, 7) is 0. The molecule has 0 unspecified atom stereocenters. The molecule has 6 N–H and O–H groups in total. The zero-order valence-electron chi connectivity index (χ0n) is 25.1. The number of carbonyl (C=O) groups is 10. The molecule has 0 aliphatic carbocycles. The predicted octanol–water partition coefficient (Wildman–Crippen LogP) is 3.34. The third-order valence-corrected chi connectivity index (χ3v) is 7.16. The Morgan fingerprint density at radius 1 is 0.353 bits per heavy atom. The molecule has 0 aliphatic heterocycles. The van der Waals surface area contributed by atoms with Gasteiger partial charge in [-0.25, -0.2) is 38.4 Å². The van der Waals surface area contributed by atoms with Gasteiger partial charge in [0.25, 0.3) is 0 Å². The molecule has 0 spiro atoms. The average Bonchev–Trinajstić information content (AvgIpc) is 3.09.